The third kappa shape index (κ3) is 2.93. The zero-order chi connectivity index (χ0) is 14.7. The Labute approximate surface area is 128 Å². The van der Waals surface area contributed by atoms with Gasteiger partial charge in [-0.3, -0.25) is 0 Å². The van der Waals surface area contributed by atoms with E-state index in [9.17, 15) is 4.79 Å². The maximum absolute atomic E-state index is 10.9. The number of hydrogen-bond acceptors (Lipinski definition) is 3. The van der Waals surface area contributed by atoms with Crippen LogP contribution in [-0.2, 0) is 0 Å². The van der Waals surface area contributed by atoms with E-state index in [1.807, 2.05) is 0 Å². The second-order valence-electron chi connectivity index (χ2n) is 3.90. The number of hydrogen-bond donors (Lipinski definition) is 2. The normalized spacial score (nSPS) is 9.85. The van der Waals surface area contributed by atoms with Gasteiger partial charge in [-0.25, -0.2) is 4.79 Å². The lowest BCUT2D eigenvalue weighted by atomic mass is 10.1. The average molecular weight is 352 g/mol. The lowest BCUT2D eigenvalue weighted by molar-refractivity contribution is 0.0697. The molecule has 0 spiro atoms. The van der Waals surface area contributed by atoms with Crippen molar-refractivity contribution in [1.82, 2.24) is 0 Å². The van der Waals surface area contributed by atoms with E-state index in [1.54, 1.807) is 24.3 Å². The van der Waals surface area contributed by atoms with Crippen LogP contribution in [0, 0.1) is 11.3 Å². The summed E-state index contributed by atoms with van der Waals surface area (Å²) in [4.78, 5) is 10.9. The molecule has 20 heavy (non-hydrogen) atoms. The van der Waals surface area contributed by atoms with Crippen LogP contribution < -0.4 is 5.32 Å². The van der Waals surface area contributed by atoms with Gasteiger partial charge in [0.15, 0.2) is 0 Å². The molecule has 2 aromatic carbocycles. The van der Waals surface area contributed by atoms with Crippen molar-refractivity contribution in [3.63, 3.8) is 0 Å². The summed E-state index contributed by atoms with van der Waals surface area (Å²) < 4.78 is 0.679. The second-order valence-corrected chi connectivity index (χ2v) is 5.16. The van der Waals surface area contributed by atoms with Crippen molar-refractivity contribution in [3.8, 4) is 6.07 Å². The molecule has 0 radical (unpaired) electrons. The van der Waals surface area contributed by atoms with Crippen molar-refractivity contribution in [2.45, 2.75) is 0 Å². The molecule has 0 bridgehead atoms. The molecule has 0 aliphatic carbocycles. The maximum Gasteiger partial charge on any atom is 0.337 e. The molecule has 0 amide bonds. The zero-order valence-electron chi connectivity index (χ0n) is 10.0. The Morgan fingerprint density at radius 1 is 1.35 bits per heavy atom. The molecular formula is C14H8BrClN2O2. The summed E-state index contributed by atoms with van der Waals surface area (Å²) in [5.74, 6) is -1.08. The van der Waals surface area contributed by atoms with Crippen LogP contribution in [0.25, 0.3) is 0 Å². The van der Waals surface area contributed by atoms with E-state index in [1.165, 1.54) is 12.1 Å². The number of nitrogens with one attached hydrogen (secondary N) is 1. The van der Waals surface area contributed by atoms with Crippen LogP contribution in [0.1, 0.15) is 15.9 Å². The van der Waals surface area contributed by atoms with Gasteiger partial charge in [-0.15, -0.1) is 0 Å². The molecule has 2 rings (SSSR count). The zero-order valence-corrected chi connectivity index (χ0v) is 12.4. The van der Waals surface area contributed by atoms with E-state index < -0.39 is 5.97 Å². The predicted molar refractivity (Wildman–Crippen MR) is 80.6 cm³/mol. The van der Waals surface area contributed by atoms with Crippen LogP contribution in [0.3, 0.4) is 0 Å². The van der Waals surface area contributed by atoms with Gasteiger partial charge in [0, 0.05) is 10.2 Å². The van der Waals surface area contributed by atoms with Crippen molar-refractivity contribution in [2.24, 2.45) is 0 Å². The molecule has 100 valence electrons. The summed E-state index contributed by atoms with van der Waals surface area (Å²) in [7, 11) is 0. The van der Waals surface area contributed by atoms with Crippen LogP contribution in [-0.4, -0.2) is 11.1 Å². The maximum atomic E-state index is 10.9. The molecule has 4 nitrogen and oxygen atoms in total. The number of aromatic carboxylic acids is 1. The highest BCUT2D eigenvalue weighted by atomic mass is 79.9. The number of carbonyl (C=O) groups is 1. The number of carboxylic acid groups (broad SMARTS) is 1. The van der Waals surface area contributed by atoms with Gasteiger partial charge in [0.2, 0.25) is 0 Å². The predicted octanol–water partition coefficient (Wildman–Crippen LogP) is 4.42. The lowest BCUT2D eigenvalue weighted by Crippen LogP contribution is -1.99. The van der Waals surface area contributed by atoms with Gasteiger partial charge >= 0.3 is 5.97 Å². The van der Waals surface area contributed by atoms with E-state index in [2.05, 4.69) is 27.3 Å². The summed E-state index contributed by atoms with van der Waals surface area (Å²) in [6.45, 7) is 0. The van der Waals surface area contributed by atoms with Gasteiger partial charge in [0.1, 0.15) is 6.07 Å². The van der Waals surface area contributed by atoms with Crippen molar-refractivity contribution >= 4 is 44.9 Å². The van der Waals surface area contributed by atoms with Crippen molar-refractivity contribution in [1.29, 1.82) is 5.26 Å². The number of nitriles is 1. The second kappa shape index (κ2) is 5.95. The van der Waals surface area contributed by atoms with E-state index in [0.717, 1.165) is 0 Å². The number of rotatable bonds is 3. The van der Waals surface area contributed by atoms with Gasteiger partial charge in [0.25, 0.3) is 0 Å². The Morgan fingerprint density at radius 3 is 2.70 bits per heavy atom. The number of carboxylic acids is 1. The van der Waals surface area contributed by atoms with E-state index in [0.29, 0.717) is 21.4 Å². The third-order valence-corrected chi connectivity index (χ3v) is 3.58. The standard InChI is InChI=1S/C14H8BrClN2O2/c15-11-2-1-3-13(10(11)7-17)18-8-4-5-9(14(19)20)12(16)6-8/h1-6,18H,(H,19,20). The molecule has 0 heterocycles. The van der Waals surface area contributed by atoms with Gasteiger partial charge in [-0.2, -0.15) is 5.26 Å². The fourth-order valence-electron chi connectivity index (χ4n) is 1.66. The quantitative estimate of drug-likeness (QED) is 0.858. The minimum Gasteiger partial charge on any atom is -0.478 e. The minimum atomic E-state index is -1.08. The third-order valence-electron chi connectivity index (χ3n) is 2.60. The fraction of sp³-hybridized carbons (Fsp3) is 0. The van der Waals surface area contributed by atoms with E-state index >= 15 is 0 Å². The Kier molecular flexibility index (Phi) is 4.28. The fourth-order valence-corrected chi connectivity index (χ4v) is 2.38. The molecule has 0 aliphatic rings. The molecule has 0 unspecified atom stereocenters. The molecule has 0 saturated heterocycles. The molecule has 6 heteroatoms. The van der Waals surface area contributed by atoms with Gasteiger partial charge in [-0.1, -0.05) is 17.7 Å². The molecule has 0 aliphatic heterocycles. The summed E-state index contributed by atoms with van der Waals surface area (Å²) in [5.41, 5.74) is 1.72. The molecule has 2 N–H and O–H groups in total. The van der Waals surface area contributed by atoms with Crippen LogP contribution in [0.2, 0.25) is 5.02 Å². The average Bonchev–Trinajstić information content (AvgIpc) is 2.38. The van der Waals surface area contributed by atoms with Crippen molar-refractivity contribution in [3.05, 3.63) is 57.0 Å². The summed E-state index contributed by atoms with van der Waals surface area (Å²) in [5, 5.41) is 21.2. The Bertz CT molecular complexity index is 726. The molecular weight excluding hydrogens is 344 g/mol. The Morgan fingerprint density at radius 2 is 2.10 bits per heavy atom. The van der Waals surface area contributed by atoms with Gasteiger partial charge in [-0.05, 0) is 46.3 Å². The molecule has 0 fully saturated rings. The smallest absolute Gasteiger partial charge is 0.337 e. The first-order valence-electron chi connectivity index (χ1n) is 5.51. The molecule has 0 saturated carbocycles. The number of anilines is 2. The van der Waals surface area contributed by atoms with Crippen molar-refractivity contribution < 1.29 is 9.90 Å². The summed E-state index contributed by atoms with van der Waals surface area (Å²) in [6, 6.07) is 11.9. The monoisotopic (exact) mass is 350 g/mol. The number of benzene rings is 2. The van der Waals surface area contributed by atoms with Crippen LogP contribution in [0.5, 0.6) is 0 Å². The Balaban J connectivity index is 2.37. The van der Waals surface area contributed by atoms with Crippen LogP contribution in [0.4, 0.5) is 11.4 Å². The van der Waals surface area contributed by atoms with Crippen LogP contribution >= 0.6 is 27.5 Å². The SMILES string of the molecule is N#Cc1c(Br)cccc1Nc1ccc(C(=O)O)c(Cl)c1. The van der Waals surface area contributed by atoms with E-state index in [4.69, 9.17) is 22.0 Å². The summed E-state index contributed by atoms with van der Waals surface area (Å²) in [6.07, 6.45) is 0. The van der Waals surface area contributed by atoms with Gasteiger partial charge < -0.3 is 10.4 Å². The van der Waals surface area contributed by atoms with Gasteiger partial charge in [0.05, 0.1) is 21.8 Å². The van der Waals surface area contributed by atoms with Crippen LogP contribution in [0.15, 0.2) is 40.9 Å². The lowest BCUT2D eigenvalue weighted by Gasteiger charge is -2.10. The first kappa shape index (κ1) is 14.4. The Hall–Kier alpha value is -2.03. The largest absolute Gasteiger partial charge is 0.478 e. The minimum absolute atomic E-state index is 0.0342. The highest BCUT2D eigenvalue weighted by molar-refractivity contribution is 9.10. The molecule has 0 atom stereocenters. The van der Waals surface area contributed by atoms with Crippen molar-refractivity contribution in [2.75, 3.05) is 5.32 Å². The summed E-state index contributed by atoms with van der Waals surface area (Å²) >= 11 is 9.20. The topological polar surface area (TPSA) is 73.1 Å². The first-order valence-corrected chi connectivity index (χ1v) is 6.68. The molecule has 2 aromatic rings. The highest BCUT2D eigenvalue weighted by Crippen LogP contribution is 2.28. The first-order chi connectivity index (χ1) is 9.52. The number of halogens is 2. The number of nitrogens with zero attached hydrogens (tertiary/aromatic N) is 1. The molecule has 0 aromatic heterocycles. The highest BCUT2D eigenvalue weighted by Gasteiger charge is 2.10. The van der Waals surface area contributed by atoms with E-state index in [-0.39, 0.29) is 10.6 Å².